The lowest BCUT2D eigenvalue weighted by molar-refractivity contribution is -0.300. The summed E-state index contributed by atoms with van der Waals surface area (Å²) >= 11 is 0. The van der Waals surface area contributed by atoms with Crippen molar-refractivity contribution in [3.05, 3.63) is 0 Å². The van der Waals surface area contributed by atoms with Gasteiger partial charge in [0.25, 0.3) is 0 Å². The highest BCUT2D eigenvalue weighted by atomic mass is 16.3. The monoisotopic (exact) mass is 238 g/mol. The Labute approximate surface area is 104 Å². The molecule has 2 heteroatoms. The van der Waals surface area contributed by atoms with Crippen molar-refractivity contribution in [2.45, 2.75) is 71.0 Å². The zero-order valence-corrected chi connectivity index (χ0v) is 11.6. The third-order valence-corrected chi connectivity index (χ3v) is 6.13. The Morgan fingerprint density at radius 1 is 1.00 bits per heavy atom. The predicted octanol–water partition coefficient (Wildman–Crippen LogP) is 2.72. The summed E-state index contributed by atoms with van der Waals surface area (Å²) in [6.07, 6.45) is 4.72. The van der Waals surface area contributed by atoms with Gasteiger partial charge in [-0.2, -0.15) is 0 Å². The van der Waals surface area contributed by atoms with Gasteiger partial charge in [0.05, 0.1) is 11.2 Å². The Balaban J connectivity index is 2.10. The first-order valence-corrected chi connectivity index (χ1v) is 7.07. The number of rotatable bonds is 1. The lowest BCUT2D eigenvalue weighted by atomic mass is 9.37. The van der Waals surface area contributed by atoms with Crippen molar-refractivity contribution in [2.75, 3.05) is 0 Å². The second-order valence-corrected chi connectivity index (χ2v) is 8.21. The molecular weight excluding hydrogens is 212 g/mol. The van der Waals surface area contributed by atoms with E-state index < -0.39 is 11.2 Å². The first-order chi connectivity index (χ1) is 7.63. The third-order valence-electron chi connectivity index (χ3n) is 6.13. The Bertz CT molecular complexity index is 344. The van der Waals surface area contributed by atoms with Crippen LogP contribution < -0.4 is 0 Å². The summed E-state index contributed by atoms with van der Waals surface area (Å²) in [5.41, 5.74) is -0.902. The summed E-state index contributed by atoms with van der Waals surface area (Å²) in [4.78, 5) is 0. The van der Waals surface area contributed by atoms with Crippen LogP contribution in [0.1, 0.15) is 59.8 Å². The molecule has 0 aliphatic heterocycles. The topological polar surface area (TPSA) is 40.5 Å². The summed E-state index contributed by atoms with van der Waals surface area (Å²) in [7, 11) is 0. The van der Waals surface area contributed by atoms with Gasteiger partial charge in [-0.3, -0.25) is 0 Å². The molecule has 4 aliphatic rings. The molecule has 2 N–H and O–H groups in total. The second kappa shape index (κ2) is 2.91. The van der Waals surface area contributed by atoms with E-state index in [9.17, 15) is 10.2 Å². The highest BCUT2D eigenvalue weighted by Gasteiger charge is 2.70. The molecule has 4 bridgehead atoms. The normalized spacial score (nSPS) is 61.2. The van der Waals surface area contributed by atoms with Crippen molar-refractivity contribution in [1.82, 2.24) is 0 Å². The Kier molecular flexibility index (Phi) is 2.05. The van der Waals surface area contributed by atoms with E-state index in [2.05, 4.69) is 27.7 Å². The Morgan fingerprint density at radius 2 is 1.65 bits per heavy atom. The standard InChI is InChI=1S/C15H26O2/c1-10(2)15(17)11-5-12(3)7-13(15,4)9-14(16,6-11)8-12/h10-11,16-17H,5-9H2,1-4H3. The number of aliphatic hydroxyl groups is 2. The lowest BCUT2D eigenvalue weighted by Gasteiger charge is -2.71. The second-order valence-electron chi connectivity index (χ2n) is 8.21. The van der Waals surface area contributed by atoms with E-state index in [-0.39, 0.29) is 16.7 Å². The minimum Gasteiger partial charge on any atom is -0.390 e. The lowest BCUT2D eigenvalue weighted by Crippen LogP contribution is -2.72. The largest absolute Gasteiger partial charge is 0.390 e. The summed E-state index contributed by atoms with van der Waals surface area (Å²) in [6.45, 7) is 8.79. The zero-order valence-electron chi connectivity index (χ0n) is 11.6. The van der Waals surface area contributed by atoms with E-state index in [0.29, 0.717) is 5.92 Å². The fourth-order valence-electron chi connectivity index (χ4n) is 6.32. The molecule has 4 saturated carbocycles. The molecular formula is C15H26O2. The third kappa shape index (κ3) is 1.29. The highest BCUT2D eigenvalue weighted by molar-refractivity contribution is 5.21. The van der Waals surface area contributed by atoms with E-state index in [1.807, 2.05) is 0 Å². The molecule has 17 heavy (non-hydrogen) atoms. The van der Waals surface area contributed by atoms with Gasteiger partial charge >= 0.3 is 0 Å². The Morgan fingerprint density at radius 3 is 2.12 bits per heavy atom. The van der Waals surface area contributed by atoms with Gasteiger partial charge in [0.2, 0.25) is 0 Å². The van der Waals surface area contributed by atoms with Crippen molar-refractivity contribution >= 4 is 0 Å². The molecule has 98 valence electrons. The summed E-state index contributed by atoms with van der Waals surface area (Å²) in [5.74, 6) is 0.573. The van der Waals surface area contributed by atoms with Gasteiger partial charge in [-0.05, 0) is 49.4 Å². The molecule has 4 aliphatic carbocycles. The van der Waals surface area contributed by atoms with E-state index >= 15 is 0 Å². The molecule has 0 amide bonds. The molecule has 4 fully saturated rings. The van der Waals surface area contributed by atoms with Crippen LogP contribution in [0.25, 0.3) is 0 Å². The SMILES string of the molecule is CC(C)C1(O)C2CC3(C)CC(O)(C2)CC1(C)C3. The van der Waals surface area contributed by atoms with Crippen LogP contribution in [0.3, 0.4) is 0 Å². The van der Waals surface area contributed by atoms with Gasteiger partial charge in [0.15, 0.2) is 0 Å². The molecule has 0 radical (unpaired) electrons. The molecule has 5 atom stereocenters. The van der Waals surface area contributed by atoms with Crippen molar-refractivity contribution in [3.8, 4) is 0 Å². The maximum absolute atomic E-state index is 11.2. The maximum atomic E-state index is 11.2. The molecule has 0 spiro atoms. The maximum Gasteiger partial charge on any atom is 0.0754 e. The van der Waals surface area contributed by atoms with Crippen molar-refractivity contribution in [3.63, 3.8) is 0 Å². The molecule has 0 heterocycles. The van der Waals surface area contributed by atoms with Crippen LogP contribution in [0.2, 0.25) is 0 Å². The van der Waals surface area contributed by atoms with E-state index in [1.54, 1.807) is 0 Å². The summed E-state index contributed by atoms with van der Waals surface area (Å²) in [5, 5.41) is 22.0. The van der Waals surface area contributed by atoms with E-state index in [0.717, 1.165) is 32.1 Å². The van der Waals surface area contributed by atoms with Crippen LogP contribution in [0.15, 0.2) is 0 Å². The van der Waals surface area contributed by atoms with Gasteiger partial charge < -0.3 is 10.2 Å². The smallest absolute Gasteiger partial charge is 0.0754 e. The van der Waals surface area contributed by atoms with Crippen LogP contribution in [-0.4, -0.2) is 21.4 Å². The Hall–Kier alpha value is -0.0800. The quantitative estimate of drug-likeness (QED) is 0.737. The van der Waals surface area contributed by atoms with Crippen LogP contribution in [-0.2, 0) is 0 Å². The van der Waals surface area contributed by atoms with Gasteiger partial charge in [0.1, 0.15) is 0 Å². The van der Waals surface area contributed by atoms with Crippen LogP contribution in [0.5, 0.6) is 0 Å². The van der Waals surface area contributed by atoms with Gasteiger partial charge in [-0.25, -0.2) is 0 Å². The van der Waals surface area contributed by atoms with Crippen molar-refractivity contribution in [1.29, 1.82) is 0 Å². The summed E-state index contributed by atoms with van der Waals surface area (Å²) in [6, 6.07) is 0. The predicted molar refractivity (Wildman–Crippen MR) is 67.5 cm³/mol. The van der Waals surface area contributed by atoms with Gasteiger partial charge in [-0.15, -0.1) is 0 Å². The summed E-state index contributed by atoms with van der Waals surface area (Å²) < 4.78 is 0. The average Bonchev–Trinajstić information content (AvgIpc) is 2.08. The highest BCUT2D eigenvalue weighted by Crippen LogP contribution is 2.71. The number of hydrogen-bond donors (Lipinski definition) is 2. The van der Waals surface area contributed by atoms with Crippen molar-refractivity contribution in [2.24, 2.45) is 22.7 Å². The fraction of sp³-hybridized carbons (Fsp3) is 1.00. The van der Waals surface area contributed by atoms with Crippen LogP contribution >= 0.6 is 0 Å². The average molecular weight is 238 g/mol. The molecule has 2 nitrogen and oxygen atoms in total. The molecule has 0 saturated heterocycles. The van der Waals surface area contributed by atoms with E-state index in [4.69, 9.17) is 0 Å². The van der Waals surface area contributed by atoms with E-state index in [1.165, 1.54) is 0 Å². The first-order valence-electron chi connectivity index (χ1n) is 7.07. The molecule has 4 rings (SSSR count). The van der Waals surface area contributed by atoms with Gasteiger partial charge in [-0.1, -0.05) is 27.7 Å². The molecule has 5 unspecified atom stereocenters. The number of hydrogen-bond acceptors (Lipinski definition) is 2. The fourth-order valence-corrected chi connectivity index (χ4v) is 6.32. The van der Waals surface area contributed by atoms with Crippen LogP contribution in [0.4, 0.5) is 0 Å². The van der Waals surface area contributed by atoms with Crippen LogP contribution in [0, 0.1) is 22.7 Å². The minimum absolute atomic E-state index is 0.0932. The molecule has 0 aromatic heterocycles. The first kappa shape index (κ1) is 12.0. The van der Waals surface area contributed by atoms with Crippen molar-refractivity contribution < 1.29 is 10.2 Å². The van der Waals surface area contributed by atoms with Gasteiger partial charge in [0, 0.05) is 5.41 Å². The molecule has 0 aromatic rings. The minimum atomic E-state index is -0.570. The zero-order chi connectivity index (χ0) is 12.7. The molecule has 0 aromatic carbocycles.